The molecule has 0 bridgehead atoms. The third-order valence-corrected chi connectivity index (χ3v) is 6.01. The Morgan fingerprint density at radius 3 is 2.52 bits per heavy atom. The number of hydrogen-bond donors (Lipinski definition) is 1. The molecule has 6 heteroatoms. The Morgan fingerprint density at radius 2 is 1.74 bits per heavy atom. The molecule has 2 amide bonds. The Balaban J connectivity index is 1.28. The summed E-state index contributed by atoms with van der Waals surface area (Å²) in [5.41, 5.74) is 3.25. The molecule has 0 spiro atoms. The quantitative estimate of drug-likeness (QED) is 0.709. The van der Waals surface area contributed by atoms with Gasteiger partial charge in [-0.3, -0.25) is 14.5 Å². The topological polar surface area (TPSA) is 61.9 Å². The molecule has 0 radical (unpaired) electrons. The highest BCUT2D eigenvalue weighted by Crippen LogP contribution is 2.25. The lowest BCUT2D eigenvalue weighted by Gasteiger charge is -2.27. The molecular formula is C25H31N3O3. The van der Waals surface area contributed by atoms with E-state index in [1.165, 1.54) is 24.8 Å². The first-order chi connectivity index (χ1) is 15.2. The maximum Gasteiger partial charge on any atom is 0.258 e. The fourth-order valence-corrected chi connectivity index (χ4v) is 4.30. The van der Waals surface area contributed by atoms with Gasteiger partial charge >= 0.3 is 0 Å². The Hall–Kier alpha value is -2.86. The highest BCUT2D eigenvalue weighted by atomic mass is 16.5. The van der Waals surface area contributed by atoms with Crippen molar-refractivity contribution in [3.63, 3.8) is 0 Å². The van der Waals surface area contributed by atoms with Gasteiger partial charge in [-0.2, -0.15) is 0 Å². The zero-order valence-corrected chi connectivity index (χ0v) is 18.0. The summed E-state index contributed by atoms with van der Waals surface area (Å²) in [5.74, 6) is 0.575. The van der Waals surface area contributed by atoms with Crippen LogP contribution >= 0.6 is 0 Å². The van der Waals surface area contributed by atoms with Crippen LogP contribution in [0.4, 0.5) is 5.69 Å². The van der Waals surface area contributed by atoms with Crippen LogP contribution in [-0.2, 0) is 22.7 Å². The van der Waals surface area contributed by atoms with Crippen molar-refractivity contribution in [1.82, 2.24) is 10.2 Å². The predicted octanol–water partition coefficient (Wildman–Crippen LogP) is 3.49. The number of carbonyl (C=O) groups is 2. The van der Waals surface area contributed by atoms with Crippen LogP contribution in [0.1, 0.15) is 43.2 Å². The summed E-state index contributed by atoms with van der Waals surface area (Å²) in [7, 11) is 0. The van der Waals surface area contributed by atoms with Crippen LogP contribution < -0.4 is 15.0 Å². The largest absolute Gasteiger partial charge is 0.484 e. The zero-order valence-electron chi connectivity index (χ0n) is 18.0. The molecule has 2 aliphatic heterocycles. The predicted molar refractivity (Wildman–Crippen MR) is 121 cm³/mol. The molecule has 1 N–H and O–H groups in total. The molecule has 164 valence electrons. The summed E-state index contributed by atoms with van der Waals surface area (Å²) >= 11 is 0. The Bertz CT molecular complexity index is 908. The van der Waals surface area contributed by atoms with Gasteiger partial charge in [0.15, 0.2) is 6.61 Å². The molecule has 6 nitrogen and oxygen atoms in total. The van der Waals surface area contributed by atoms with Crippen molar-refractivity contribution in [2.45, 2.75) is 45.2 Å². The summed E-state index contributed by atoms with van der Waals surface area (Å²) in [5, 5.41) is 2.98. The first-order valence-electron chi connectivity index (χ1n) is 11.3. The van der Waals surface area contributed by atoms with E-state index in [0.29, 0.717) is 18.7 Å². The monoisotopic (exact) mass is 421 g/mol. The molecule has 2 heterocycles. The zero-order chi connectivity index (χ0) is 21.5. The van der Waals surface area contributed by atoms with Gasteiger partial charge in [0, 0.05) is 37.8 Å². The second-order valence-corrected chi connectivity index (χ2v) is 8.32. The van der Waals surface area contributed by atoms with E-state index in [2.05, 4.69) is 28.4 Å². The van der Waals surface area contributed by atoms with Crippen molar-refractivity contribution >= 4 is 17.5 Å². The van der Waals surface area contributed by atoms with E-state index in [-0.39, 0.29) is 18.4 Å². The van der Waals surface area contributed by atoms with Gasteiger partial charge in [-0.25, -0.2) is 0 Å². The Kier molecular flexibility index (Phi) is 7.20. The van der Waals surface area contributed by atoms with Crippen molar-refractivity contribution in [3.8, 4) is 5.75 Å². The van der Waals surface area contributed by atoms with Crippen LogP contribution in [-0.4, -0.2) is 43.0 Å². The van der Waals surface area contributed by atoms with Crippen LogP contribution in [0.5, 0.6) is 5.75 Å². The van der Waals surface area contributed by atoms with Gasteiger partial charge in [-0.05, 0) is 55.6 Å². The Morgan fingerprint density at radius 1 is 0.935 bits per heavy atom. The average Bonchev–Trinajstić information content (AvgIpc) is 3.24. The van der Waals surface area contributed by atoms with Gasteiger partial charge in [0.2, 0.25) is 5.91 Å². The van der Waals surface area contributed by atoms with Crippen molar-refractivity contribution in [1.29, 1.82) is 0 Å². The number of likely N-dealkylation sites (tertiary alicyclic amines) is 1. The van der Waals surface area contributed by atoms with E-state index in [1.807, 2.05) is 30.3 Å². The van der Waals surface area contributed by atoms with Gasteiger partial charge in [-0.1, -0.05) is 36.8 Å². The molecule has 0 aliphatic carbocycles. The molecular weight excluding hydrogens is 390 g/mol. The number of carbonyl (C=O) groups excluding carboxylic acids is 2. The third-order valence-electron chi connectivity index (χ3n) is 6.01. The summed E-state index contributed by atoms with van der Waals surface area (Å²) in [4.78, 5) is 28.6. The van der Waals surface area contributed by atoms with E-state index in [9.17, 15) is 9.59 Å². The molecule has 0 unspecified atom stereocenters. The number of nitrogens with one attached hydrogen (secondary N) is 1. The second kappa shape index (κ2) is 10.4. The van der Waals surface area contributed by atoms with E-state index >= 15 is 0 Å². The van der Waals surface area contributed by atoms with Crippen molar-refractivity contribution in [2.75, 3.05) is 31.1 Å². The van der Waals surface area contributed by atoms with E-state index in [0.717, 1.165) is 43.9 Å². The highest BCUT2D eigenvalue weighted by Gasteiger charge is 2.22. The van der Waals surface area contributed by atoms with Gasteiger partial charge < -0.3 is 15.0 Å². The number of rotatable bonds is 8. The summed E-state index contributed by atoms with van der Waals surface area (Å²) in [6.07, 6.45) is 5.33. The van der Waals surface area contributed by atoms with Crippen LogP contribution in [0, 0.1) is 0 Å². The van der Waals surface area contributed by atoms with Crippen molar-refractivity contribution in [3.05, 3.63) is 59.7 Å². The maximum atomic E-state index is 12.4. The lowest BCUT2D eigenvalue weighted by molar-refractivity contribution is -0.123. The van der Waals surface area contributed by atoms with E-state index in [1.54, 1.807) is 4.90 Å². The van der Waals surface area contributed by atoms with Gasteiger partial charge in [0.05, 0.1) is 0 Å². The highest BCUT2D eigenvalue weighted by molar-refractivity contribution is 5.95. The average molecular weight is 422 g/mol. The van der Waals surface area contributed by atoms with Crippen LogP contribution in [0.3, 0.4) is 0 Å². The number of nitrogens with zero attached hydrogens (tertiary/aromatic N) is 2. The standard InChI is InChI=1S/C25H31N3O3/c29-24(19-31-23-11-6-10-22(16-23)28-15-7-12-25(28)30)26-17-20-8-2-3-9-21(20)18-27-13-4-1-5-14-27/h2-3,6,8-11,16H,1,4-5,7,12-15,17-19H2,(H,26,29). The number of benzene rings is 2. The molecule has 0 aromatic heterocycles. The SMILES string of the molecule is O=C(COc1cccc(N2CCCC2=O)c1)NCc1ccccc1CN1CCCCC1. The maximum absolute atomic E-state index is 12.4. The molecule has 31 heavy (non-hydrogen) atoms. The number of piperidine rings is 1. The molecule has 2 aromatic carbocycles. The van der Waals surface area contributed by atoms with E-state index < -0.39 is 0 Å². The number of hydrogen-bond acceptors (Lipinski definition) is 4. The Labute approximate surface area is 184 Å². The number of anilines is 1. The van der Waals surface area contributed by atoms with Gasteiger partial charge in [-0.15, -0.1) is 0 Å². The molecule has 2 fully saturated rings. The minimum atomic E-state index is -0.157. The molecule has 0 atom stereocenters. The van der Waals surface area contributed by atoms with Crippen LogP contribution in [0.15, 0.2) is 48.5 Å². The molecule has 0 saturated carbocycles. The first kappa shape index (κ1) is 21.4. The fraction of sp³-hybridized carbons (Fsp3) is 0.440. The summed E-state index contributed by atoms with van der Waals surface area (Å²) < 4.78 is 5.69. The third kappa shape index (κ3) is 5.85. The second-order valence-electron chi connectivity index (χ2n) is 8.32. The lowest BCUT2D eigenvalue weighted by atomic mass is 10.0. The van der Waals surface area contributed by atoms with Gasteiger partial charge in [0.1, 0.15) is 5.75 Å². The minimum absolute atomic E-state index is 0.0499. The molecule has 4 rings (SSSR count). The lowest BCUT2D eigenvalue weighted by Crippen LogP contribution is -2.31. The smallest absolute Gasteiger partial charge is 0.258 e. The van der Waals surface area contributed by atoms with Gasteiger partial charge in [0.25, 0.3) is 5.91 Å². The van der Waals surface area contributed by atoms with E-state index in [4.69, 9.17) is 4.74 Å². The minimum Gasteiger partial charge on any atom is -0.484 e. The normalized spacial score (nSPS) is 17.0. The van der Waals surface area contributed by atoms with Crippen LogP contribution in [0.2, 0.25) is 0 Å². The molecule has 2 saturated heterocycles. The number of ether oxygens (including phenoxy) is 1. The first-order valence-corrected chi connectivity index (χ1v) is 11.3. The summed E-state index contributed by atoms with van der Waals surface area (Å²) in [6, 6.07) is 15.7. The molecule has 2 aromatic rings. The van der Waals surface area contributed by atoms with Crippen molar-refractivity contribution in [2.24, 2.45) is 0 Å². The van der Waals surface area contributed by atoms with Crippen molar-refractivity contribution < 1.29 is 14.3 Å². The molecule has 2 aliphatic rings. The number of amides is 2. The fourth-order valence-electron chi connectivity index (χ4n) is 4.30. The van der Waals surface area contributed by atoms with Crippen LogP contribution in [0.25, 0.3) is 0 Å². The summed E-state index contributed by atoms with van der Waals surface area (Å²) in [6.45, 7) is 4.41.